The molecule has 0 radical (unpaired) electrons. The number of nitrogens with zero attached hydrogens (tertiary/aromatic N) is 3. The van der Waals surface area contributed by atoms with Crippen LogP contribution in [-0.4, -0.2) is 56.7 Å². The minimum atomic E-state index is -4.54. The van der Waals surface area contributed by atoms with E-state index in [1.54, 1.807) is 0 Å². The predicted molar refractivity (Wildman–Crippen MR) is 75.0 cm³/mol. The van der Waals surface area contributed by atoms with Gasteiger partial charge in [0.15, 0.2) is 0 Å². The molecule has 0 spiro atoms. The van der Waals surface area contributed by atoms with Crippen molar-refractivity contribution in [3.63, 3.8) is 0 Å². The van der Waals surface area contributed by atoms with Crippen LogP contribution in [0.3, 0.4) is 0 Å². The van der Waals surface area contributed by atoms with Crippen LogP contribution in [0.4, 0.5) is 13.2 Å². The number of hydrogen-bond donors (Lipinski definition) is 2. The molecule has 2 heterocycles. The molecular formula is C14H16F3N3O3. The Morgan fingerprint density at radius 1 is 1.26 bits per heavy atom. The monoisotopic (exact) mass is 331 g/mol. The Morgan fingerprint density at radius 2 is 1.87 bits per heavy atom. The van der Waals surface area contributed by atoms with Crippen LogP contribution >= 0.6 is 0 Å². The lowest BCUT2D eigenvalue weighted by Crippen LogP contribution is -2.36. The van der Waals surface area contributed by atoms with Gasteiger partial charge in [-0.3, -0.25) is 9.20 Å². The van der Waals surface area contributed by atoms with Gasteiger partial charge in [0.05, 0.1) is 24.5 Å². The summed E-state index contributed by atoms with van der Waals surface area (Å²) in [4.78, 5) is 17.8. The number of hydrogen-bond acceptors (Lipinski definition) is 4. The van der Waals surface area contributed by atoms with E-state index in [9.17, 15) is 18.0 Å². The first kappa shape index (κ1) is 17.2. The van der Waals surface area contributed by atoms with Gasteiger partial charge in [0, 0.05) is 19.3 Å². The fourth-order valence-corrected chi connectivity index (χ4v) is 2.29. The number of fused-ring (bicyclic) bond motifs is 1. The second kappa shape index (κ2) is 6.55. The fourth-order valence-electron chi connectivity index (χ4n) is 2.29. The van der Waals surface area contributed by atoms with E-state index >= 15 is 0 Å². The standard InChI is InChI=1S/C14H16F3N3O3/c1-9-12(13(23)19(4-6-21)5-7-22)20-8-10(14(15,16)17)2-3-11(20)18-9/h2-3,8,21-22H,4-7H2,1H3. The van der Waals surface area contributed by atoms with Crippen LogP contribution < -0.4 is 0 Å². The number of carbonyl (C=O) groups excluding carboxylic acids is 1. The topological polar surface area (TPSA) is 78.1 Å². The Morgan fingerprint density at radius 3 is 2.39 bits per heavy atom. The van der Waals surface area contributed by atoms with Gasteiger partial charge in [-0.1, -0.05) is 0 Å². The molecule has 2 N–H and O–H groups in total. The van der Waals surface area contributed by atoms with Gasteiger partial charge in [0.1, 0.15) is 11.3 Å². The summed E-state index contributed by atoms with van der Waals surface area (Å²) in [6.45, 7) is 0.796. The second-order valence-corrected chi connectivity index (χ2v) is 4.93. The number of imidazole rings is 1. The maximum absolute atomic E-state index is 12.9. The molecule has 126 valence electrons. The molecule has 2 aromatic heterocycles. The lowest BCUT2D eigenvalue weighted by atomic mass is 10.2. The number of aryl methyl sites for hydroxylation is 1. The summed E-state index contributed by atoms with van der Waals surface area (Å²) in [5, 5.41) is 18.0. The Bertz CT molecular complexity index is 706. The highest BCUT2D eigenvalue weighted by atomic mass is 19.4. The molecule has 23 heavy (non-hydrogen) atoms. The van der Waals surface area contributed by atoms with E-state index in [1.165, 1.54) is 13.0 Å². The molecule has 0 saturated carbocycles. The van der Waals surface area contributed by atoms with Crippen molar-refractivity contribution in [3.8, 4) is 0 Å². The van der Waals surface area contributed by atoms with Crippen molar-refractivity contribution in [3.05, 3.63) is 35.3 Å². The van der Waals surface area contributed by atoms with Crippen LogP contribution in [0, 0.1) is 6.92 Å². The highest BCUT2D eigenvalue weighted by Crippen LogP contribution is 2.30. The van der Waals surface area contributed by atoms with E-state index < -0.39 is 17.6 Å². The predicted octanol–water partition coefficient (Wildman–Crippen LogP) is 1.09. The number of carbonyl (C=O) groups is 1. The third-order valence-corrected chi connectivity index (χ3v) is 3.35. The number of alkyl halides is 3. The van der Waals surface area contributed by atoms with Crippen LogP contribution in [-0.2, 0) is 6.18 Å². The highest BCUT2D eigenvalue weighted by molar-refractivity contribution is 5.94. The van der Waals surface area contributed by atoms with E-state index in [1.807, 2.05) is 0 Å². The molecule has 2 aromatic rings. The Kier molecular flexibility index (Phi) is 4.90. The van der Waals surface area contributed by atoms with Crippen LogP contribution in [0.1, 0.15) is 21.7 Å². The average Bonchev–Trinajstić information content (AvgIpc) is 2.80. The molecule has 0 aliphatic heterocycles. The molecule has 0 aliphatic rings. The van der Waals surface area contributed by atoms with Crippen molar-refractivity contribution < 1.29 is 28.2 Å². The van der Waals surface area contributed by atoms with Gasteiger partial charge in [-0.15, -0.1) is 0 Å². The zero-order chi connectivity index (χ0) is 17.2. The maximum Gasteiger partial charge on any atom is 0.417 e. The number of rotatable bonds is 5. The second-order valence-electron chi connectivity index (χ2n) is 4.93. The van der Waals surface area contributed by atoms with Gasteiger partial charge in [-0.05, 0) is 19.1 Å². The van der Waals surface area contributed by atoms with Gasteiger partial charge >= 0.3 is 6.18 Å². The highest BCUT2D eigenvalue weighted by Gasteiger charge is 2.32. The molecule has 6 nitrogen and oxygen atoms in total. The Balaban J connectivity index is 2.54. The fraction of sp³-hybridized carbons (Fsp3) is 0.429. The largest absolute Gasteiger partial charge is 0.417 e. The number of pyridine rings is 1. The van der Waals surface area contributed by atoms with Gasteiger partial charge in [0.2, 0.25) is 0 Å². The van der Waals surface area contributed by atoms with Crippen molar-refractivity contribution in [1.82, 2.24) is 14.3 Å². The van der Waals surface area contributed by atoms with Gasteiger partial charge in [0.25, 0.3) is 5.91 Å². The molecular weight excluding hydrogens is 315 g/mol. The van der Waals surface area contributed by atoms with Gasteiger partial charge < -0.3 is 15.1 Å². The molecule has 9 heteroatoms. The summed E-state index contributed by atoms with van der Waals surface area (Å²) >= 11 is 0. The third kappa shape index (κ3) is 3.45. The van der Waals surface area contributed by atoms with Crippen molar-refractivity contribution in [1.29, 1.82) is 0 Å². The minimum Gasteiger partial charge on any atom is -0.395 e. The molecule has 0 fully saturated rings. The van der Waals surface area contributed by atoms with Crippen molar-refractivity contribution in [2.45, 2.75) is 13.1 Å². The molecule has 0 bridgehead atoms. The van der Waals surface area contributed by atoms with E-state index in [4.69, 9.17) is 10.2 Å². The summed E-state index contributed by atoms with van der Waals surface area (Å²) in [6.07, 6.45) is -3.72. The number of amides is 1. The normalized spacial score (nSPS) is 11.9. The summed E-state index contributed by atoms with van der Waals surface area (Å²) in [5.74, 6) is -0.600. The first-order chi connectivity index (χ1) is 10.8. The molecule has 0 saturated heterocycles. The molecule has 1 amide bonds. The first-order valence-electron chi connectivity index (χ1n) is 6.86. The Hall–Kier alpha value is -2.13. The van der Waals surface area contributed by atoms with Gasteiger partial charge in [-0.25, -0.2) is 4.98 Å². The lowest BCUT2D eigenvalue weighted by Gasteiger charge is -2.20. The molecule has 0 aromatic carbocycles. The smallest absolute Gasteiger partial charge is 0.395 e. The van der Waals surface area contributed by atoms with Crippen LogP contribution in [0.2, 0.25) is 0 Å². The summed E-state index contributed by atoms with van der Waals surface area (Å²) in [6, 6.07) is 2.09. The van der Waals surface area contributed by atoms with Crippen LogP contribution in [0.5, 0.6) is 0 Å². The third-order valence-electron chi connectivity index (χ3n) is 3.35. The minimum absolute atomic E-state index is 0.0204. The van der Waals surface area contributed by atoms with E-state index in [-0.39, 0.29) is 43.3 Å². The summed E-state index contributed by atoms with van der Waals surface area (Å²) < 4.78 is 39.7. The van der Waals surface area contributed by atoms with Crippen molar-refractivity contribution >= 4 is 11.6 Å². The lowest BCUT2D eigenvalue weighted by molar-refractivity contribution is -0.137. The van der Waals surface area contributed by atoms with Crippen LogP contribution in [0.25, 0.3) is 5.65 Å². The Labute approximate surface area is 129 Å². The summed E-state index contributed by atoms with van der Waals surface area (Å²) in [5.41, 5.74) is -0.428. The molecule has 0 unspecified atom stereocenters. The van der Waals surface area contributed by atoms with Crippen molar-refractivity contribution in [2.75, 3.05) is 26.3 Å². The zero-order valence-corrected chi connectivity index (χ0v) is 12.3. The number of aromatic nitrogens is 2. The number of aliphatic hydroxyl groups is 2. The quantitative estimate of drug-likeness (QED) is 0.860. The maximum atomic E-state index is 12.9. The van der Waals surface area contributed by atoms with E-state index in [0.717, 1.165) is 21.6 Å². The van der Waals surface area contributed by atoms with Gasteiger partial charge in [-0.2, -0.15) is 13.2 Å². The van der Waals surface area contributed by atoms with E-state index in [2.05, 4.69) is 4.98 Å². The number of halogens is 3. The summed E-state index contributed by atoms with van der Waals surface area (Å²) in [7, 11) is 0. The first-order valence-corrected chi connectivity index (χ1v) is 6.86. The van der Waals surface area contributed by atoms with Crippen molar-refractivity contribution in [2.24, 2.45) is 0 Å². The zero-order valence-electron chi connectivity index (χ0n) is 12.3. The number of aliphatic hydroxyl groups excluding tert-OH is 2. The van der Waals surface area contributed by atoms with E-state index in [0.29, 0.717) is 0 Å². The molecule has 0 aliphatic carbocycles. The SMILES string of the molecule is Cc1nc2ccc(C(F)(F)F)cn2c1C(=O)N(CCO)CCO. The van der Waals surface area contributed by atoms with Crippen LogP contribution in [0.15, 0.2) is 18.3 Å². The average molecular weight is 331 g/mol. The molecule has 0 atom stereocenters. The molecule has 2 rings (SSSR count).